The van der Waals surface area contributed by atoms with Gasteiger partial charge >= 0.3 is 0 Å². The summed E-state index contributed by atoms with van der Waals surface area (Å²) in [5.74, 6) is 0.719. The molecule has 1 fully saturated rings. The van der Waals surface area contributed by atoms with Crippen LogP contribution >= 0.6 is 0 Å². The second-order valence-corrected chi connectivity index (χ2v) is 6.81. The van der Waals surface area contributed by atoms with Crippen LogP contribution < -0.4 is 0 Å². The zero-order valence-electron chi connectivity index (χ0n) is 14.5. The summed E-state index contributed by atoms with van der Waals surface area (Å²) in [6.07, 6.45) is 1.37. The minimum atomic E-state index is -0.0305. The molecule has 1 aliphatic heterocycles. The number of para-hydroxylation sites is 1. The summed E-state index contributed by atoms with van der Waals surface area (Å²) in [5, 5.41) is 19.5. The van der Waals surface area contributed by atoms with Crippen LogP contribution in [0.1, 0.15) is 18.5 Å². The van der Waals surface area contributed by atoms with E-state index in [0.29, 0.717) is 29.4 Å². The lowest BCUT2D eigenvalue weighted by Gasteiger charge is -2.13. The normalized spacial score (nSPS) is 19.8. The fourth-order valence-electron chi connectivity index (χ4n) is 3.66. The van der Waals surface area contributed by atoms with Gasteiger partial charge in [-0.25, -0.2) is 0 Å². The number of H-pyrrole nitrogens is 1. The Bertz CT molecular complexity index is 994. The van der Waals surface area contributed by atoms with Gasteiger partial charge in [-0.2, -0.15) is 0 Å². The van der Waals surface area contributed by atoms with Crippen LogP contribution in [0.5, 0.6) is 5.75 Å². The number of phenolic OH excluding ortho intramolecular Hbond substituents is 1. The number of phenols is 1. The van der Waals surface area contributed by atoms with Gasteiger partial charge in [0.2, 0.25) is 5.91 Å². The van der Waals surface area contributed by atoms with Crippen molar-refractivity contribution in [2.24, 2.45) is 5.92 Å². The lowest BCUT2D eigenvalue weighted by atomic mass is 9.95. The van der Waals surface area contributed by atoms with E-state index < -0.39 is 0 Å². The number of nitrogens with zero attached hydrogens (tertiary/aromatic N) is 3. The van der Waals surface area contributed by atoms with Gasteiger partial charge in [0.15, 0.2) is 5.65 Å². The van der Waals surface area contributed by atoms with Crippen LogP contribution in [0.3, 0.4) is 0 Å². The molecular weight excluding hydrogens is 328 g/mol. The van der Waals surface area contributed by atoms with Crippen LogP contribution in [0.15, 0.2) is 49.1 Å². The predicted octanol–water partition coefficient (Wildman–Crippen LogP) is 3.08. The van der Waals surface area contributed by atoms with Gasteiger partial charge < -0.3 is 15.0 Å². The molecular formula is C20H20N4O2. The highest BCUT2D eigenvalue weighted by Gasteiger charge is 2.33. The second-order valence-electron chi connectivity index (χ2n) is 6.81. The van der Waals surface area contributed by atoms with Crippen LogP contribution in [0.4, 0.5) is 0 Å². The summed E-state index contributed by atoms with van der Waals surface area (Å²) in [7, 11) is 0. The number of rotatable bonds is 3. The van der Waals surface area contributed by atoms with E-state index >= 15 is 0 Å². The molecule has 6 nitrogen and oxygen atoms in total. The van der Waals surface area contributed by atoms with Gasteiger partial charge in [-0.1, -0.05) is 25.6 Å². The molecule has 1 aliphatic rings. The van der Waals surface area contributed by atoms with Crippen LogP contribution in [0, 0.1) is 5.92 Å². The highest BCUT2D eigenvalue weighted by molar-refractivity contribution is 5.87. The number of benzene rings is 1. The largest absolute Gasteiger partial charge is 0.507 e. The van der Waals surface area contributed by atoms with E-state index in [1.807, 2.05) is 23.1 Å². The van der Waals surface area contributed by atoms with Gasteiger partial charge in [-0.3, -0.25) is 4.79 Å². The van der Waals surface area contributed by atoms with E-state index in [0.717, 1.165) is 17.6 Å². The molecule has 6 heteroatoms. The molecule has 1 saturated heterocycles. The van der Waals surface area contributed by atoms with Crippen molar-refractivity contribution in [3.8, 4) is 17.0 Å². The number of carbonyl (C=O) groups is 1. The van der Waals surface area contributed by atoms with E-state index in [1.165, 1.54) is 6.08 Å². The van der Waals surface area contributed by atoms with Crippen molar-refractivity contribution >= 4 is 16.9 Å². The maximum atomic E-state index is 11.9. The number of fused-ring (bicyclic) bond motifs is 1. The Kier molecular flexibility index (Phi) is 3.95. The number of hydrogen-bond acceptors (Lipinski definition) is 4. The van der Waals surface area contributed by atoms with Gasteiger partial charge in [0.05, 0.1) is 5.69 Å². The summed E-state index contributed by atoms with van der Waals surface area (Å²) < 4.78 is 0. The Morgan fingerprint density at radius 3 is 2.88 bits per heavy atom. The number of likely N-dealkylation sites (tertiary alicyclic amines) is 1. The lowest BCUT2D eigenvalue weighted by molar-refractivity contribution is -0.125. The molecule has 4 rings (SSSR count). The zero-order valence-corrected chi connectivity index (χ0v) is 14.5. The van der Waals surface area contributed by atoms with Gasteiger partial charge in [0.25, 0.3) is 0 Å². The lowest BCUT2D eigenvalue weighted by Crippen LogP contribution is -2.26. The summed E-state index contributed by atoms with van der Waals surface area (Å²) in [5.41, 5.74) is 3.04. The first-order chi connectivity index (χ1) is 12.6. The number of carbonyl (C=O) groups excluding carboxylic acids is 1. The van der Waals surface area contributed by atoms with Crippen molar-refractivity contribution < 1.29 is 9.90 Å². The number of aromatic amines is 1. The Morgan fingerprint density at radius 2 is 2.12 bits per heavy atom. The van der Waals surface area contributed by atoms with Gasteiger partial charge in [0, 0.05) is 35.7 Å². The standard InChI is InChI=1S/C20H20N4O2/c1-3-19(26)24-10-12(2)15(11-24)16-8-13-9-17(22-23-20(13)21-16)14-6-4-5-7-18(14)25/h3-9,12,15,25H,1,10-11H2,2H3,(H,21,23). The molecule has 0 bridgehead atoms. The third kappa shape index (κ3) is 2.73. The van der Waals surface area contributed by atoms with Crippen molar-refractivity contribution in [3.63, 3.8) is 0 Å². The molecule has 1 aromatic carbocycles. The second kappa shape index (κ2) is 6.29. The first-order valence-electron chi connectivity index (χ1n) is 8.63. The molecule has 2 atom stereocenters. The monoisotopic (exact) mass is 348 g/mol. The Hall–Kier alpha value is -3.15. The minimum absolute atomic E-state index is 0.0305. The van der Waals surface area contributed by atoms with Crippen molar-refractivity contribution in [2.75, 3.05) is 13.1 Å². The Labute approximate surface area is 151 Å². The van der Waals surface area contributed by atoms with Crippen molar-refractivity contribution in [1.82, 2.24) is 20.1 Å². The summed E-state index contributed by atoms with van der Waals surface area (Å²) in [6.45, 7) is 7.10. The number of amides is 1. The first kappa shape index (κ1) is 16.3. The molecule has 3 heterocycles. The van der Waals surface area contributed by atoms with Gasteiger partial charge in [-0.15, -0.1) is 10.2 Å². The van der Waals surface area contributed by atoms with Gasteiger partial charge in [0.1, 0.15) is 5.75 Å². The molecule has 0 aliphatic carbocycles. The fraction of sp³-hybridized carbons (Fsp3) is 0.250. The maximum Gasteiger partial charge on any atom is 0.245 e. The fourth-order valence-corrected chi connectivity index (χ4v) is 3.66. The van der Waals surface area contributed by atoms with Crippen LogP contribution in [0.2, 0.25) is 0 Å². The molecule has 0 radical (unpaired) electrons. The van der Waals surface area contributed by atoms with Crippen LogP contribution in [-0.2, 0) is 4.79 Å². The molecule has 3 aromatic rings. The number of nitrogens with one attached hydrogen (secondary N) is 1. The smallest absolute Gasteiger partial charge is 0.245 e. The third-order valence-corrected chi connectivity index (χ3v) is 5.08. The van der Waals surface area contributed by atoms with Crippen LogP contribution in [-0.4, -0.2) is 44.2 Å². The van der Waals surface area contributed by atoms with E-state index in [4.69, 9.17) is 0 Å². The quantitative estimate of drug-likeness (QED) is 0.713. The van der Waals surface area contributed by atoms with Gasteiger partial charge in [-0.05, 0) is 36.3 Å². The molecule has 2 N–H and O–H groups in total. The number of aromatic hydroxyl groups is 1. The summed E-state index contributed by atoms with van der Waals surface area (Å²) in [6, 6.07) is 11.1. The molecule has 132 valence electrons. The van der Waals surface area contributed by atoms with Crippen molar-refractivity contribution in [2.45, 2.75) is 12.8 Å². The Balaban J connectivity index is 1.67. The molecule has 2 aromatic heterocycles. The van der Waals surface area contributed by atoms with E-state index in [2.05, 4.69) is 34.8 Å². The molecule has 0 spiro atoms. The average Bonchev–Trinajstić information content (AvgIpc) is 3.24. The average molecular weight is 348 g/mol. The topological polar surface area (TPSA) is 82.1 Å². The van der Waals surface area contributed by atoms with Crippen molar-refractivity contribution in [1.29, 1.82) is 0 Å². The van der Waals surface area contributed by atoms with E-state index in [-0.39, 0.29) is 17.6 Å². The van der Waals surface area contributed by atoms with Crippen LogP contribution in [0.25, 0.3) is 22.3 Å². The third-order valence-electron chi connectivity index (χ3n) is 5.08. The molecule has 2 unspecified atom stereocenters. The summed E-state index contributed by atoms with van der Waals surface area (Å²) in [4.78, 5) is 17.1. The maximum absolute atomic E-state index is 11.9. The van der Waals surface area contributed by atoms with Crippen molar-refractivity contribution in [3.05, 3.63) is 54.7 Å². The summed E-state index contributed by atoms with van der Waals surface area (Å²) >= 11 is 0. The van der Waals surface area contributed by atoms with E-state index in [9.17, 15) is 9.90 Å². The highest BCUT2D eigenvalue weighted by atomic mass is 16.3. The molecule has 1 amide bonds. The number of aromatic nitrogens is 3. The zero-order chi connectivity index (χ0) is 18.3. The Morgan fingerprint density at radius 1 is 1.31 bits per heavy atom. The SMILES string of the molecule is C=CC(=O)N1CC(C)C(c2cc3cc(-c4ccccc4O)nnc3[nH]2)C1. The number of hydrogen-bond donors (Lipinski definition) is 2. The minimum Gasteiger partial charge on any atom is -0.507 e. The molecule has 0 saturated carbocycles. The first-order valence-corrected chi connectivity index (χ1v) is 8.63. The highest BCUT2D eigenvalue weighted by Crippen LogP contribution is 2.34. The molecule has 26 heavy (non-hydrogen) atoms. The van der Waals surface area contributed by atoms with E-state index in [1.54, 1.807) is 12.1 Å². The predicted molar refractivity (Wildman–Crippen MR) is 99.7 cm³/mol.